The number of alkyl halides is 1. The zero-order chi connectivity index (χ0) is 16.3. The number of halogens is 1. The first kappa shape index (κ1) is 15.5. The summed E-state index contributed by atoms with van der Waals surface area (Å²) in [6.07, 6.45) is 3.10. The lowest BCUT2D eigenvalue weighted by Crippen LogP contribution is -2.49. The van der Waals surface area contributed by atoms with Crippen molar-refractivity contribution in [2.75, 3.05) is 5.33 Å². The van der Waals surface area contributed by atoms with Gasteiger partial charge in [-0.05, 0) is 45.9 Å². The van der Waals surface area contributed by atoms with Gasteiger partial charge in [-0.3, -0.25) is 0 Å². The molecule has 2 atom stereocenters. The van der Waals surface area contributed by atoms with Crippen molar-refractivity contribution in [1.82, 2.24) is 0 Å². The van der Waals surface area contributed by atoms with Gasteiger partial charge in [0.05, 0.1) is 7.85 Å². The zero-order valence-electron chi connectivity index (χ0n) is 13.9. The third-order valence-electron chi connectivity index (χ3n) is 6.74. The summed E-state index contributed by atoms with van der Waals surface area (Å²) >= 11 is 3.86. The third-order valence-corrected chi connectivity index (χ3v) is 7.97. The van der Waals surface area contributed by atoms with Crippen molar-refractivity contribution in [3.8, 4) is 11.1 Å². The predicted molar refractivity (Wildman–Crippen MR) is 102 cm³/mol. The summed E-state index contributed by atoms with van der Waals surface area (Å²) < 4.78 is 0. The summed E-state index contributed by atoms with van der Waals surface area (Å²) in [6.45, 7) is 4.85. The molecule has 0 aliphatic heterocycles. The fourth-order valence-electron chi connectivity index (χ4n) is 5.61. The first-order chi connectivity index (χ1) is 11.0. The highest BCUT2D eigenvalue weighted by Gasteiger charge is 2.66. The molecule has 1 spiro atoms. The van der Waals surface area contributed by atoms with E-state index in [-0.39, 0.29) is 16.2 Å². The molecule has 2 aromatic carbocycles. The van der Waals surface area contributed by atoms with Crippen molar-refractivity contribution in [2.24, 2.45) is 10.8 Å². The lowest BCUT2D eigenvalue weighted by Gasteiger charge is -2.51. The average Bonchev–Trinajstić information content (AvgIpc) is 3.04. The Morgan fingerprint density at radius 1 is 0.870 bits per heavy atom. The Hall–Kier alpha value is -1.02. The fourth-order valence-corrected chi connectivity index (χ4v) is 6.31. The van der Waals surface area contributed by atoms with Crippen molar-refractivity contribution in [3.63, 3.8) is 0 Å². The smallest absolute Gasteiger partial charge is 0.0660 e. The number of fused-ring (bicyclic) bond motifs is 5. The van der Waals surface area contributed by atoms with Gasteiger partial charge in [0.15, 0.2) is 0 Å². The molecule has 116 valence electrons. The van der Waals surface area contributed by atoms with Crippen LogP contribution in [0.1, 0.15) is 37.8 Å². The minimum Gasteiger partial charge on any atom is -0.0922 e. The lowest BCUT2D eigenvalue weighted by molar-refractivity contribution is 0.155. The van der Waals surface area contributed by atoms with Crippen LogP contribution in [0.2, 0.25) is 6.32 Å². The quantitative estimate of drug-likeness (QED) is 0.470. The van der Waals surface area contributed by atoms with Crippen molar-refractivity contribution in [2.45, 2.75) is 38.4 Å². The van der Waals surface area contributed by atoms with E-state index in [0.717, 1.165) is 11.7 Å². The molecule has 0 heterocycles. The van der Waals surface area contributed by atoms with E-state index in [1.165, 1.54) is 35.1 Å². The standard InChI is InChI=1S/C21H22BBr/c1-19(13-22)11-12-20(2,14-23)21(19)17-9-5-3-7-15(17)16-8-4-6-10-18(16)21/h3-10H,11-14H2,1-2H3. The van der Waals surface area contributed by atoms with Crippen LogP contribution in [-0.4, -0.2) is 13.2 Å². The summed E-state index contributed by atoms with van der Waals surface area (Å²) in [5, 5.41) is 0.998. The van der Waals surface area contributed by atoms with Gasteiger partial charge >= 0.3 is 0 Å². The molecule has 1 saturated carbocycles. The molecule has 4 rings (SSSR count). The van der Waals surface area contributed by atoms with Gasteiger partial charge in [-0.1, -0.05) is 84.6 Å². The Balaban J connectivity index is 2.17. The van der Waals surface area contributed by atoms with Crippen LogP contribution in [0, 0.1) is 10.8 Å². The molecular weight excluding hydrogens is 343 g/mol. The molecule has 2 aromatic rings. The summed E-state index contributed by atoms with van der Waals surface area (Å²) in [5.74, 6) is 0. The lowest BCUT2D eigenvalue weighted by atomic mass is 9.50. The highest BCUT2D eigenvalue weighted by atomic mass is 79.9. The minimum absolute atomic E-state index is 0.00850. The number of hydrogen-bond donors (Lipinski definition) is 0. The van der Waals surface area contributed by atoms with Crippen molar-refractivity contribution in [3.05, 3.63) is 59.7 Å². The van der Waals surface area contributed by atoms with Crippen LogP contribution in [0.3, 0.4) is 0 Å². The molecule has 2 aliphatic rings. The largest absolute Gasteiger partial charge is 0.0922 e. The maximum atomic E-state index is 6.40. The molecule has 0 N–H and O–H groups in total. The number of benzene rings is 2. The summed E-state index contributed by atoms with van der Waals surface area (Å²) in [6, 6.07) is 18.0. The minimum atomic E-state index is -0.00850. The third kappa shape index (κ3) is 1.64. The van der Waals surface area contributed by atoms with Crippen LogP contribution in [0.4, 0.5) is 0 Å². The van der Waals surface area contributed by atoms with Crippen molar-refractivity contribution >= 4 is 23.8 Å². The fraction of sp³-hybridized carbons (Fsp3) is 0.429. The molecule has 1 fully saturated rings. The second-order valence-electron chi connectivity index (χ2n) is 7.80. The molecule has 2 aliphatic carbocycles. The summed E-state index contributed by atoms with van der Waals surface area (Å²) in [7, 11) is 6.40. The first-order valence-corrected chi connectivity index (χ1v) is 9.62. The predicted octanol–water partition coefficient (Wildman–Crippen LogP) is 5.74. The maximum absolute atomic E-state index is 6.40. The zero-order valence-corrected chi connectivity index (χ0v) is 15.5. The van der Waals surface area contributed by atoms with Crippen molar-refractivity contribution in [1.29, 1.82) is 0 Å². The molecule has 2 unspecified atom stereocenters. The van der Waals surface area contributed by atoms with Crippen molar-refractivity contribution < 1.29 is 0 Å². The van der Waals surface area contributed by atoms with E-state index < -0.39 is 0 Å². The second kappa shape index (κ2) is 4.99. The molecule has 0 saturated heterocycles. The summed E-state index contributed by atoms with van der Waals surface area (Å²) in [5.41, 5.74) is 6.00. The van der Waals surface area contributed by atoms with Gasteiger partial charge in [-0.2, -0.15) is 0 Å². The molecule has 0 aromatic heterocycles. The first-order valence-electron chi connectivity index (χ1n) is 8.49. The highest BCUT2D eigenvalue weighted by Crippen LogP contribution is 2.72. The second-order valence-corrected chi connectivity index (χ2v) is 8.36. The molecule has 0 amide bonds. The van der Waals surface area contributed by atoms with Gasteiger partial charge in [0, 0.05) is 10.7 Å². The Morgan fingerprint density at radius 3 is 1.83 bits per heavy atom. The van der Waals surface area contributed by atoms with E-state index in [9.17, 15) is 0 Å². The number of rotatable bonds is 2. The Kier molecular flexibility index (Phi) is 3.36. The van der Waals surface area contributed by atoms with Crippen LogP contribution in [0.15, 0.2) is 48.5 Å². The Labute approximate surface area is 149 Å². The topological polar surface area (TPSA) is 0 Å². The number of hydrogen-bond acceptors (Lipinski definition) is 0. The van der Waals surface area contributed by atoms with Gasteiger partial charge in [0.1, 0.15) is 0 Å². The monoisotopic (exact) mass is 364 g/mol. The molecular formula is C21H22BBr. The maximum Gasteiger partial charge on any atom is 0.0660 e. The molecule has 0 nitrogen and oxygen atoms in total. The molecule has 2 heteroatoms. The Bertz CT molecular complexity index is 702. The van der Waals surface area contributed by atoms with E-state index in [1.54, 1.807) is 0 Å². The van der Waals surface area contributed by atoms with Crippen LogP contribution in [-0.2, 0) is 5.41 Å². The van der Waals surface area contributed by atoms with Gasteiger partial charge in [0.2, 0.25) is 0 Å². The normalized spacial score (nSPS) is 30.4. The Morgan fingerprint density at radius 2 is 1.35 bits per heavy atom. The van der Waals surface area contributed by atoms with E-state index >= 15 is 0 Å². The van der Waals surface area contributed by atoms with Gasteiger partial charge in [-0.15, -0.1) is 0 Å². The SMILES string of the molecule is [B]CC1(C)CCC(C)(CBr)C12c1ccccc1-c1ccccc12. The van der Waals surface area contributed by atoms with Crippen LogP contribution >= 0.6 is 15.9 Å². The van der Waals surface area contributed by atoms with E-state index in [4.69, 9.17) is 7.85 Å². The highest BCUT2D eigenvalue weighted by molar-refractivity contribution is 9.09. The molecule has 2 radical (unpaired) electrons. The summed E-state index contributed by atoms with van der Waals surface area (Å²) in [4.78, 5) is 0. The molecule has 0 bridgehead atoms. The average molecular weight is 365 g/mol. The van der Waals surface area contributed by atoms with Gasteiger partial charge in [0.25, 0.3) is 0 Å². The van der Waals surface area contributed by atoms with Crippen LogP contribution in [0.5, 0.6) is 0 Å². The van der Waals surface area contributed by atoms with Crippen LogP contribution in [0.25, 0.3) is 11.1 Å². The van der Waals surface area contributed by atoms with E-state index in [2.05, 4.69) is 78.3 Å². The molecule has 23 heavy (non-hydrogen) atoms. The van der Waals surface area contributed by atoms with Crippen LogP contribution < -0.4 is 0 Å². The van der Waals surface area contributed by atoms with Gasteiger partial charge in [-0.25, -0.2) is 0 Å². The van der Waals surface area contributed by atoms with E-state index in [1.807, 2.05) is 0 Å². The van der Waals surface area contributed by atoms with E-state index in [0.29, 0.717) is 0 Å². The van der Waals surface area contributed by atoms with Gasteiger partial charge < -0.3 is 0 Å².